The van der Waals surface area contributed by atoms with Crippen LogP contribution < -0.4 is 0 Å². The number of rotatable bonds is 1. The van der Waals surface area contributed by atoms with Gasteiger partial charge in [0.15, 0.2) is 0 Å². The van der Waals surface area contributed by atoms with E-state index in [1.54, 1.807) is 0 Å². The van der Waals surface area contributed by atoms with Crippen LogP contribution in [0.4, 0.5) is 4.79 Å². The molecule has 0 spiro atoms. The van der Waals surface area contributed by atoms with Crippen LogP contribution in [0.5, 0.6) is 0 Å². The van der Waals surface area contributed by atoms with Crippen molar-refractivity contribution in [3.05, 3.63) is 35.4 Å². The summed E-state index contributed by atoms with van der Waals surface area (Å²) in [5, 5.41) is 14.6. The molecule has 0 saturated heterocycles. The predicted molar refractivity (Wildman–Crippen MR) is 57.5 cm³/mol. The van der Waals surface area contributed by atoms with Crippen molar-refractivity contribution in [1.82, 2.24) is 0 Å². The molecule has 0 heterocycles. The summed E-state index contributed by atoms with van der Waals surface area (Å²) in [6.07, 6.45) is 0.996. The molecule has 0 fully saturated rings. The van der Waals surface area contributed by atoms with E-state index in [4.69, 9.17) is 15.2 Å². The van der Waals surface area contributed by atoms with Crippen molar-refractivity contribution in [2.24, 2.45) is 0 Å². The van der Waals surface area contributed by atoms with E-state index in [9.17, 15) is 0 Å². The maximum Gasteiger partial charge on any atom is 0.361 e. The predicted octanol–water partition coefficient (Wildman–Crippen LogP) is 2.71. The van der Waals surface area contributed by atoms with Crippen molar-refractivity contribution in [2.45, 2.75) is 13.3 Å². The minimum atomic E-state index is -1.14. The van der Waals surface area contributed by atoms with E-state index >= 15 is 0 Å². The molecule has 74 valence electrons. The van der Waals surface area contributed by atoms with Gasteiger partial charge in [0.05, 0.1) is 11.6 Å². The zero-order chi connectivity index (χ0) is 11.0. The highest BCUT2D eigenvalue weighted by molar-refractivity contribution is 7.96. The molecule has 1 aromatic rings. The molecule has 3 nitrogen and oxygen atoms in total. The average Bonchev–Trinajstić information content (AvgIpc) is 2.17. The van der Waals surface area contributed by atoms with Gasteiger partial charge in [-0.3, -0.25) is 0 Å². The largest absolute Gasteiger partial charge is 0.473 e. The summed E-state index contributed by atoms with van der Waals surface area (Å²) in [6.45, 7) is 2.08. The number of thiol groups is 1. The Bertz CT molecular complexity index is 340. The van der Waals surface area contributed by atoms with Gasteiger partial charge in [-0.1, -0.05) is 31.7 Å². The molecule has 0 amide bonds. The summed E-state index contributed by atoms with van der Waals surface area (Å²) < 4.78 is 0. The smallest absolute Gasteiger partial charge is 0.361 e. The first-order valence-electron chi connectivity index (χ1n) is 4.01. The number of carboxylic acid groups (broad SMARTS) is 1. The summed E-state index contributed by atoms with van der Waals surface area (Å²) in [6, 6.07) is 9.78. The summed E-state index contributed by atoms with van der Waals surface area (Å²) in [5.41, 5.74) is 1.97. The number of hydrogen-bond acceptors (Lipinski definition) is 2. The van der Waals surface area contributed by atoms with Gasteiger partial charge in [-0.15, -0.1) is 0 Å². The molecule has 0 aliphatic carbocycles. The van der Waals surface area contributed by atoms with E-state index in [1.807, 2.05) is 24.3 Å². The number of nitrogens with zero attached hydrogens (tertiary/aromatic N) is 1. The number of benzene rings is 1. The average molecular weight is 209 g/mol. The Balaban J connectivity index is 0.000000364. The van der Waals surface area contributed by atoms with E-state index in [-0.39, 0.29) is 0 Å². The fourth-order valence-electron chi connectivity index (χ4n) is 0.861. The maximum atomic E-state index is 8.86. The fraction of sp³-hybridized carbons (Fsp3) is 0.200. The molecule has 1 aromatic carbocycles. The molecular formula is C10H11NO2S. The molecule has 0 saturated carbocycles. The molecule has 0 aliphatic rings. The standard InChI is InChI=1S/C9H9N.CH2O2S/c1-2-8-4-3-5-9(6-8)7-10;2-1(3)4/h3-6H,2H2,1H3;4H,(H,2,3). The lowest BCUT2D eigenvalue weighted by molar-refractivity contribution is 0.222. The zero-order valence-electron chi connectivity index (χ0n) is 7.77. The Labute approximate surface area is 88.4 Å². The fourth-order valence-corrected chi connectivity index (χ4v) is 0.861. The molecule has 0 aromatic heterocycles. The summed E-state index contributed by atoms with van der Waals surface area (Å²) in [7, 11) is 0. The SMILES string of the molecule is CCc1cccc(C#N)c1.O=C(O)S. The second kappa shape index (κ2) is 6.98. The van der Waals surface area contributed by atoms with Gasteiger partial charge in [0.1, 0.15) is 0 Å². The molecule has 0 bridgehead atoms. The van der Waals surface area contributed by atoms with Crippen molar-refractivity contribution in [2.75, 3.05) is 0 Å². The minimum Gasteiger partial charge on any atom is -0.473 e. The van der Waals surface area contributed by atoms with E-state index in [1.165, 1.54) is 5.56 Å². The van der Waals surface area contributed by atoms with E-state index in [0.29, 0.717) is 0 Å². The molecule has 4 heteroatoms. The minimum absolute atomic E-state index is 0.749. The third kappa shape index (κ3) is 6.09. The highest BCUT2D eigenvalue weighted by Crippen LogP contribution is 2.03. The molecular weight excluding hydrogens is 198 g/mol. The maximum absolute atomic E-state index is 8.86. The highest BCUT2D eigenvalue weighted by atomic mass is 32.1. The summed E-state index contributed by atoms with van der Waals surface area (Å²) in [5.74, 6) is 0. The van der Waals surface area contributed by atoms with Crippen LogP contribution in [-0.2, 0) is 6.42 Å². The van der Waals surface area contributed by atoms with Crippen molar-refractivity contribution in [1.29, 1.82) is 5.26 Å². The quantitative estimate of drug-likeness (QED) is 0.699. The molecule has 0 radical (unpaired) electrons. The molecule has 1 rings (SSSR count). The molecule has 0 atom stereocenters. The van der Waals surface area contributed by atoms with Crippen LogP contribution in [0, 0.1) is 11.3 Å². The van der Waals surface area contributed by atoms with Crippen LogP contribution in [0.15, 0.2) is 24.3 Å². The normalized spacial score (nSPS) is 8.07. The van der Waals surface area contributed by atoms with Gasteiger partial charge in [-0.05, 0) is 24.1 Å². The summed E-state index contributed by atoms with van der Waals surface area (Å²) >= 11 is 2.88. The first-order chi connectivity index (χ1) is 6.60. The van der Waals surface area contributed by atoms with Crippen molar-refractivity contribution < 1.29 is 9.90 Å². The molecule has 0 unspecified atom stereocenters. The zero-order valence-corrected chi connectivity index (χ0v) is 8.66. The van der Waals surface area contributed by atoms with Gasteiger partial charge in [0, 0.05) is 0 Å². The van der Waals surface area contributed by atoms with Gasteiger partial charge in [0.2, 0.25) is 0 Å². The van der Waals surface area contributed by atoms with Gasteiger partial charge in [-0.2, -0.15) is 5.26 Å². The Morgan fingerprint density at radius 1 is 1.64 bits per heavy atom. The Hall–Kier alpha value is -1.47. The van der Waals surface area contributed by atoms with Crippen LogP contribution in [0.1, 0.15) is 18.1 Å². The van der Waals surface area contributed by atoms with E-state index < -0.39 is 5.30 Å². The number of hydrogen-bond donors (Lipinski definition) is 2. The Kier molecular flexibility index (Phi) is 6.25. The van der Waals surface area contributed by atoms with Gasteiger partial charge in [-0.25, -0.2) is 4.79 Å². The third-order valence-corrected chi connectivity index (χ3v) is 1.46. The monoisotopic (exact) mass is 209 g/mol. The van der Waals surface area contributed by atoms with Crippen LogP contribution in [-0.4, -0.2) is 10.4 Å². The topological polar surface area (TPSA) is 61.1 Å². The third-order valence-electron chi connectivity index (χ3n) is 1.46. The van der Waals surface area contributed by atoms with Crippen molar-refractivity contribution >= 4 is 17.9 Å². The van der Waals surface area contributed by atoms with Gasteiger partial charge in [0.25, 0.3) is 0 Å². The molecule has 0 aliphatic heterocycles. The van der Waals surface area contributed by atoms with Gasteiger partial charge >= 0.3 is 5.30 Å². The number of nitriles is 1. The first kappa shape index (κ1) is 12.5. The Morgan fingerprint density at radius 3 is 2.64 bits per heavy atom. The van der Waals surface area contributed by atoms with Gasteiger partial charge < -0.3 is 5.11 Å². The number of carbonyl (C=O) groups is 1. The highest BCUT2D eigenvalue weighted by Gasteiger charge is 1.89. The van der Waals surface area contributed by atoms with E-state index in [0.717, 1.165) is 12.0 Å². The lowest BCUT2D eigenvalue weighted by Gasteiger charge is -1.93. The van der Waals surface area contributed by atoms with Crippen molar-refractivity contribution in [3.8, 4) is 6.07 Å². The molecule has 14 heavy (non-hydrogen) atoms. The second-order valence-corrected chi connectivity index (χ2v) is 2.83. The molecule has 1 N–H and O–H groups in total. The van der Waals surface area contributed by atoms with Crippen molar-refractivity contribution in [3.63, 3.8) is 0 Å². The Morgan fingerprint density at radius 2 is 2.21 bits per heavy atom. The first-order valence-corrected chi connectivity index (χ1v) is 4.45. The van der Waals surface area contributed by atoms with Crippen LogP contribution >= 0.6 is 12.6 Å². The van der Waals surface area contributed by atoms with Crippen LogP contribution in [0.25, 0.3) is 0 Å². The second-order valence-electron chi connectivity index (χ2n) is 2.45. The number of aryl methyl sites for hydroxylation is 1. The van der Waals surface area contributed by atoms with E-state index in [2.05, 4.69) is 25.6 Å². The van der Waals surface area contributed by atoms with Crippen LogP contribution in [0.2, 0.25) is 0 Å². The lowest BCUT2D eigenvalue weighted by atomic mass is 10.1. The summed E-state index contributed by atoms with van der Waals surface area (Å²) in [4.78, 5) is 8.86. The van der Waals surface area contributed by atoms with Crippen LogP contribution in [0.3, 0.4) is 0 Å². The lowest BCUT2D eigenvalue weighted by Crippen LogP contribution is -1.80.